The minimum absolute atomic E-state index is 0.0334. The molecule has 0 aliphatic heterocycles. The molecular formula is C10H13N3O6S. The molecule has 1 aromatic heterocycles. The molecule has 1 aromatic rings. The van der Waals surface area contributed by atoms with Crippen LogP contribution < -0.4 is 0 Å². The SMILES string of the molecule is CN(CCCC(=O)O)S(=O)(=O)c1ccc([N+](=O)[O-])nc1. The van der Waals surface area contributed by atoms with Crippen molar-refractivity contribution < 1.29 is 23.2 Å². The van der Waals surface area contributed by atoms with Gasteiger partial charge in [-0.05, 0) is 22.4 Å². The molecule has 0 spiro atoms. The summed E-state index contributed by atoms with van der Waals surface area (Å²) in [6.45, 7) is 0.0334. The Morgan fingerprint density at radius 3 is 2.60 bits per heavy atom. The van der Waals surface area contributed by atoms with Gasteiger partial charge >= 0.3 is 11.8 Å². The van der Waals surface area contributed by atoms with Crippen molar-refractivity contribution in [2.45, 2.75) is 17.7 Å². The highest BCUT2D eigenvalue weighted by Crippen LogP contribution is 2.16. The number of carbonyl (C=O) groups is 1. The largest absolute Gasteiger partial charge is 0.481 e. The van der Waals surface area contributed by atoms with Crippen molar-refractivity contribution in [1.29, 1.82) is 0 Å². The number of nitrogens with zero attached hydrogens (tertiary/aromatic N) is 3. The van der Waals surface area contributed by atoms with Crippen LogP contribution in [0, 0.1) is 10.1 Å². The second-order valence-electron chi connectivity index (χ2n) is 3.93. The number of pyridine rings is 1. The lowest BCUT2D eigenvalue weighted by Gasteiger charge is -2.15. The van der Waals surface area contributed by atoms with Gasteiger partial charge in [-0.15, -0.1) is 0 Å². The molecule has 0 aliphatic rings. The highest BCUT2D eigenvalue weighted by Gasteiger charge is 2.23. The van der Waals surface area contributed by atoms with Crippen LogP contribution in [-0.2, 0) is 14.8 Å². The third-order valence-corrected chi connectivity index (χ3v) is 4.32. The fourth-order valence-corrected chi connectivity index (χ4v) is 2.54. The van der Waals surface area contributed by atoms with Crippen molar-refractivity contribution in [2.75, 3.05) is 13.6 Å². The number of carboxylic acid groups (broad SMARTS) is 1. The Balaban J connectivity index is 2.81. The molecule has 1 N–H and O–H groups in total. The van der Waals surface area contributed by atoms with Gasteiger partial charge in [0.15, 0.2) is 6.20 Å². The van der Waals surface area contributed by atoms with Gasteiger partial charge < -0.3 is 15.2 Å². The van der Waals surface area contributed by atoms with Crippen LogP contribution in [0.3, 0.4) is 0 Å². The molecule has 0 radical (unpaired) electrons. The van der Waals surface area contributed by atoms with Crippen LogP contribution in [0.25, 0.3) is 0 Å². The van der Waals surface area contributed by atoms with Gasteiger partial charge in [0.1, 0.15) is 4.90 Å². The standard InChI is InChI=1S/C10H13N3O6S/c1-12(6-2-3-10(14)15)20(18,19)8-4-5-9(11-7-8)13(16)17/h4-5,7H,2-3,6H2,1H3,(H,14,15). The number of hydrogen-bond acceptors (Lipinski definition) is 6. The van der Waals surface area contributed by atoms with E-state index in [0.717, 1.165) is 22.6 Å². The zero-order chi connectivity index (χ0) is 15.3. The summed E-state index contributed by atoms with van der Waals surface area (Å²) in [6.07, 6.45) is 0.936. The first-order chi connectivity index (χ1) is 9.25. The molecule has 1 rings (SSSR count). The monoisotopic (exact) mass is 303 g/mol. The second-order valence-corrected chi connectivity index (χ2v) is 5.98. The topological polar surface area (TPSA) is 131 Å². The first-order valence-corrected chi connectivity index (χ1v) is 6.97. The summed E-state index contributed by atoms with van der Waals surface area (Å²) in [5, 5.41) is 18.9. The zero-order valence-corrected chi connectivity index (χ0v) is 11.4. The molecule has 0 unspecified atom stereocenters. The van der Waals surface area contributed by atoms with Crippen molar-refractivity contribution in [1.82, 2.24) is 9.29 Å². The van der Waals surface area contributed by atoms with Gasteiger partial charge in [-0.1, -0.05) is 0 Å². The number of aliphatic carboxylic acids is 1. The third kappa shape index (κ3) is 3.96. The second kappa shape index (κ2) is 6.39. The lowest BCUT2D eigenvalue weighted by atomic mass is 10.3. The molecular weight excluding hydrogens is 290 g/mol. The zero-order valence-electron chi connectivity index (χ0n) is 10.6. The van der Waals surface area contributed by atoms with E-state index in [-0.39, 0.29) is 24.3 Å². The van der Waals surface area contributed by atoms with E-state index in [9.17, 15) is 23.3 Å². The van der Waals surface area contributed by atoms with Crippen molar-refractivity contribution in [3.05, 3.63) is 28.4 Å². The van der Waals surface area contributed by atoms with Crippen LogP contribution in [0.5, 0.6) is 0 Å². The Hall–Kier alpha value is -2.07. The molecule has 0 fully saturated rings. The maximum absolute atomic E-state index is 12.1. The number of hydrogen-bond donors (Lipinski definition) is 1. The van der Waals surface area contributed by atoms with Gasteiger partial charge in [-0.3, -0.25) is 4.79 Å². The molecule has 0 saturated heterocycles. The van der Waals surface area contributed by atoms with Gasteiger partial charge in [0.05, 0.1) is 0 Å². The number of rotatable bonds is 7. The molecule has 0 aromatic carbocycles. The average Bonchev–Trinajstić information content (AvgIpc) is 2.38. The Morgan fingerprint density at radius 1 is 1.50 bits per heavy atom. The minimum atomic E-state index is -3.82. The summed E-state index contributed by atoms with van der Waals surface area (Å²) in [6, 6.07) is 2.09. The van der Waals surface area contributed by atoms with Crippen LogP contribution in [-0.4, -0.2) is 47.3 Å². The Kier molecular flexibility index (Phi) is 5.11. The molecule has 0 atom stereocenters. The average molecular weight is 303 g/mol. The van der Waals surface area contributed by atoms with Crippen molar-refractivity contribution in [3.63, 3.8) is 0 Å². The maximum atomic E-state index is 12.1. The van der Waals surface area contributed by atoms with E-state index < -0.39 is 26.7 Å². The predicted octanol–water partition coefficient (Wildman–Crippen LogP) is 0.475. The summed E-state index contributed by atoms with van der Waals surface area (Å²) in [5.74, 6) is -1.45. The van der Waals surface area contributed by atoms with E-state index in [0.29, 0.717) is 0 Å². The number of aromatic nitrogens is 1. The number of nitro groups is 1. The van der Waals surface area contributed by atoms with E-state index in [1.54, 1.807) is 0 Å². The van der Waals surface area contributed by atoms with Gasteiger partial charge in [-0.25, -0.2) is 12.7 Å². The normalized spacial score (nSPS) is 11.5. The molecule has 0 aliphatic carbocycles. The number of carboxylic acids is 1. The quantitative estimate of drug-likeness (QED) is 0.572. The lowest BCUT2D eigenvalue weighted by molar-refractivity contribution is -0.389. The molecule has 20 heavy (non-hydrogen) atoms. The van der Waals surface area contributed by atoms with Crippen molar-refractivity contribution in [3.8, 4) is 0 Å². The summed E-state index contributed by atoms with van der Waals surface area (Å²) in [5.41, 5.74) is 0. The van der Waals surface area contributed by atoms with Gasteiger partial charge in [0, 0.05) is 26.1 Å². The molecule has 9 nitrogen and oxygen atoms in total. The van der Waals surface area contributed by atoms with E-state index >= 15 is 0 Å². The Bertz CT molecular complexity index is 598. The molecule has 0 amide bonds. The number of sulfonamides is 1. The first-order valence-electron chi connectivity index (χ1n) is 5.53. The summed E-state index contributed by atoms with van der Waals surface area (Å²) >= 11 is 0. The van der Waals surface area contributed by atoms with Crippen molar-refractivity contribution in [2.24, 2.45) is 0 Å². The van der Waals surface area contributed by atoms with Gasteiger partial charge in [-0.2, -0.15) is 0 Å². The lowest BCUT2D eigenvalue weighted by Crippen LogP contribution is -2.28. The smallest absolute Gasteiger partial charge is 0.363 e. The van der Waals surface area contributed by atoms with Crippen LogP contribution >= 0.6 is 0 Å². The summed E-state index contributed by atoms with van der Waals surface area (Å²) < 4.78 is 25.1. The van der Waals surface area contributed by atoms with Crippen molar-refractivity contribution >= 4 is 21.8 Å². The maximum Gasteiger partial charge on any atom is 0.363 e. The first kappa shape index (κ1) is 16.0. The predicted molar refractivity (Wildman–Crippen MR) is 67.6 cm³/mol. The third-order valence-electron chi connectivity index (χ3n) is 2.48. The molecule has 0 saturated carbocycles. The van der Waals surface area contributed by atoms with E-state index in [1.165, 1.54) is 7.05 Å². The van der Waals surface area contributed by atoms with E-state index in [4.69, 9.17) is 5.11 Å². The fourth-order valence-electron chi connectivity index (χ4n) is 1.39. The highest BCUT2D eigenvalue weighted by atomic mass is 32.2. The molecule has 0 bridgehead atoms. The van der Waals surface area contributed by atoms with Crippen LogP contribution in [0.4, 0.5) is 5.82 Å². The fraction of sp³-hybridized carbons (Fsp3) is 0.400. The van der Waals surface area contributed by atoms with Gasteiger partial charge in [0.2, 0.25) is 10.0 Å². The van der Waals surface area contributed by atoms with Crippen LogP contribution in [0.1, 0.15) is 12.8 Å². The summed E-state index contributed by atoms with van der Waals surface area (Å²) in [7, 11) is -2.52. The molecule has 110 valence electrons. The van der Waals surface area contributed by atoms with E-state index in [1.807, 2.05) is 0 Å². The Morgan fingerprint density at radius 2 is 2.15 bits per heavy atom. The highest BCUT2D eigenvalue weighted by molar-refractivity contribution is 7.89. The summed E-state index contributed by atoms with van der Waals surface area (Å²) in [4.78, 5) is 23.3. The van der Waals surface area contributed by atoms with Crippen LogP contribution in [0.15, 0.2) is 23.2 Å². The van der Waals surface area contributed by atoms with Crippen LogP contribution in [0.2, 0.25) is 0 Å². The molecule has 1 heterocycles. The van der Waals surface area contributed by atoms with Gasteiger partial charge in [0.25, 0.3) is 0 Å². The Labute approximate surface area is 115 Å². The minimum Gasteiger partial charge on any atom is -0.481 e. The van der Waals surface area contributed by atoms with E-state index in [2.05, 4.69) is 4.98 Å². The molecule has 10 heteroatoms.